The predicted molar refractivity (Wildman–Crippen MR) is 69.5 cm³/mol. The Kier molecular flexibility index (Phi) is 5.19. The lowest BCUT2D eigenvalue weighted by Gasteiger charge is -2.13. The summed E-state index contributed by atoms with van der Waals surface area (Å²) in [4.78, 5) is 0. The molecule has 0 bridgehead atoms. The van der Waals surface area contributed by atoms with Crippen LogP contribution in [0.2, 0.25) is 0 Å². The summed E-state index contributed by atoms with van der Waals surface area (Å²) in [6, 6.07) is 6.90. The highest BCUT2D eigenvalue weighted by atomic mass is 79.9. The quantitative estimate of drug-likeness (QED) is 0.833. The van der Waals surface area contributed by atoms with Gasteiger partial charge in [0, 0.05) is 16.2 Å². The summed E-state index contributed by atoms with van der Waals surface area (Å²) in [5.41, 5.74) is 1.04. The van der Waals surface area contributed by atoms with Gasteiger partial charge in [0.1, 0.15) is 23.5 Å². The van der Waals surface area contributed by atoms with E-state index in [9.17, 15) is 5.11 Å². The van der Waals surface area contributed by atoms with Crippen LogP contribution in [-0.4, -0.2) is 12.2 Å². The second-order valence-electron chi connectivity index (χ2n) is 3.23. The first kappa shape index (κ1) is 14.0. The number of hydrogen-bond donors (Lipinski definition) is 2. The van der Waals surface area contributed by atoms with Crippen LogP contribution in [0.1, 0.15) is 5.56 Å². The molecule has 0 saturated carbocycles. The highest BCUT2D eigenvalue weighted by Crippen LogP contribution is 2.32. The summed E-state index contributed by atoms with van der Waals surface area (Å²) in [6.45, 7) is -0.194. The monoisotopic (exact) mass is 307 g/mol. The molecule has 0 aliphatic rings. The Labute approximate surface area is 113 Å². The van der Waals surface area contributed by atoms with Gasteiger partial charge < -0.3 is 15.2 Å². The van der Waals surface area contributed by atoms with Crippen molar-refractivity contribution in [3.8, 4) is 17.9 Å². The number of nitrogens with one attached hydrogen (secondary N) is 1. The van der Waals surface area contributed by atoms with Crippen LogP contribution >= 0.6 is 15.9 Å². The second kappa shape index (κ2) is 6.65. The van der Waals surface area contributed by atoms with Crippen molar-refractivity contribution in [3.63, 3.8) is 0 Å². The molecular formula is C12H10BrN3O2. The zero-order chi connectivity index (χ0) is 13.5. The van der Waals surface area contributed by atoms with Gasteiger partial charge in [-0.2, -0.15) is 10.5 Å². The molecule has 0 saturated heterocycles. The molecule has 2 N–H and O–H groups in total. The number of nitriles is 2. The van der Waals surface area contributed by atoms with E-state index in [0.717, 1.165) is 4.47 Å². The van der Waals surface area contributed by atoms with Crippen LogP contribution in [0, 0.1) is 22.7 Å². The van der Waals surface area contributed by atoms with Crippen molar-refractivity contribution < 1.29 is 9.84 Å². The van der Waals surface area contributed by atoms with Crippen molar-refractivity contribution in [3.05, 3.63) is 33.9 Å². The Hall–Kier alpha value is -2.02. The summed E-state index contributed by atoms with van der Waals surface area (Å²) in [7, 11) is 1.49. The van der Waals surface area contributed by atoms with E-state index in [4.69, 9.17) is 15.3 Å². The predicted octanol–water partition coefficient (Wildman–Crippen LogP) is 2.29. The largest absolute Gasteiger partial charge is 0.495 e. The van der Waals surface area contributed by atoms with E-state index in [-0.39, 0.29) is 12.2 Å². The molecule has 0 radical (unpaired) electrons. The third-order valence-corrected chi connectivity index (χ3v) is 2.60. The van der Waals surface area contributed by atoms with Gasteiger partial charge in [-0.25, -0.2) is 0 Å². The molecule has 0 fully saturated rings. The molecule has 18 heavy (non-hydrogen) atoms. The number of nitrogens with zero attached hydrogens (tertiary/aromatic N) is 2. The lowest BCUT2D eigenvalue weighted by atomic mass is 10.1. The molecule has 6 heteroatoms. The third-order valence-electron chi connectivity index (χ3n) is 2.14. The SMILES string of the molecule is COc1cc(Br)cc(CO)c1NC=C(C#N)C#N. The van der Waals surface area contributed by atoms with Crippen LogP contribution in [0.15, 0.2) is 28.4 Å². The van der Waals surface area contributed by atoms with Gasteiger partial charge in [0.05, 0.1) is 19.4 Å². The van der Waals surface area contributed by atoms with Gasteiger partial charge >= 0.3 is 0 Å². The minimum absolute atomic E-state index is 0.0659. The zero-order valence-electron chi connectivity index (χ0n) is 9.57. The molecular weight excluding hydrogens is 298 g/mol. The molecule has 0 aliphatic heterocycles. The summed E-state index contributed by atoms with van der Waals surface area (Å²) < 4.78 is 5.93. The number of allylic oxidation sites excluding steroid dienone is 1. The fraction of sp³-hybridized carbons (Fsp3) is 0.167. The number of rotatable bonds is 4. The van der Waals surface area contributed by atoms with E-state index in [1.807, 2.05) is 0 Å². The van der Waals surface area contributed by atoms with Crippen molar-refractivity contribution in [2.24, 2.45) is 0 Å². The van der Waals surface area contributed by atoms with Crippen molar-refractivity contribution in [2.75, 3.05) is 12.4 Å². The van der Waals surface area contributed by atoms with Crippen LogP contribution in [-0.2, 0) is 6.61 Å². The zero-order valence-corrected chi connectivity index (χ0v) is 11.2. The van der Waals surface area contributed by atoms with E-state index in [0.29, 0.717) is 17.0 Å². The summed E-state index contributed by atoms with van der Waals surface area (Å²) in [6.07, 6.45) is 1.27. The highest BCUT2D eigenvalue weighted by molar-refractivity contribution is 9.10. The van der Waals surface area contributed by atoms with Crippen LogP contribution < -0.4 is 10.1 Å². The van der Waals surface area contributed by atoms with E-state index >= 15 is 0 Å². The fourth-order valence-electron chi connectivity index (χ4n) is 1.32. The van der Waals surface area contributed by atoms with Crippen LogP contribution in [0.3, 0.4) is 0 Å². The molecule has 1 rings (SSSR count). The average molecular weight is 308 g/mol. The summed E-state index contributed by atoms with van der Waals surface area (Å²) >= 11 is 3.30. The number of anilines is 1. The lowest BCUT2D eigenvalue weighted by molar-refractivity contribution is 0.281. The lowest BCUT2D eigenvalue weighted by Crippen LogP contribution is -2.00. The molecule has 1 aromatic rings. The number of hydrogen-bond acceptors (Lipinski definition) is 5. The Balaban J connectivity index is 3.19. The minimum atomic E-state index is -0.194. The standard InChI is InChI=1S/C12H10BrN3O2/c1-18-11-3-10(13)2-9(7-17)12(11)16-6-8(4-14)5-15/h2-3,6,16-17H,7H2,1H3. The molecule has 0 heterocycles. The van der Waals surface area contributed by atoms with Gasteiger partial charge in [0.25, 0.3) is 0 Å². The van der Waals surface area contributed by atoms with Gasteiger partial charge in [0.2, 0.25) is 0 Å². The number of aliphatic hydroxyl groups excluding tert-OH is 1. The first-order chi connectivity index (χ1) is 8.65. The first-order valence-electron chi connectivity index (χ1n) is 4.90. The Morgan fingerprint density at radius 3 is 2.67 bits per heavy atom. The minimum Gasteiger partial charge on any atom is -0.495 e. The maximum atomic E-state index is 9.28. The number of benzene rings is 1. The molecule has 0 aromatic heterocycles. The van der Waals surface area contributed by atoms with Crippen molar-refractivity contribution in [1.82, 2.24) is 0 Å². The number of methoxy groups -OCH3 is 1. The highest BCUT2D eigenvalue weighted by Gasteiger charge is 2.09. The second-order valence-corrected chi connectivity index (χ2v) is 4.14. The maximum Gasteiger partial charge on any atom is 0.145 e. The molecule has 0 spiro atoms. The van der Waals surface area contributed by atoms with Crippen LogP contribution in [0.25, 0.3) is 0 Å². The molecule has 0 aliphatic carbocycles. The Bertz CT molecular complexity index is 514. The topological polar surface area (TPSA) is 89.1 Å². The molecule has 1 aromatic carbocycles. The summed E-state index contributed by atoms with van der Waals surface area (Å²) in [5.74, 6) is 0.500. The summed E-state index contributed by atoms with van der Waals surface area (Å²) in [5, 5.41) is 29.3. The molecule has 0 unspecified atom stereocenters. The maximum absolute atomic E-state index is 9.28. The van der Waals surface area contributed by atoms with E-state index in [2.05, 4.69) is 21.2 Å². The number of aliphatic hydroxyl groups is 1. The van der Waals surface area contributed by atoms with Crippen molar-refractivity contribution >= 4 is 21.6 Å². The normalized spacial score (nSPS) is 8.94. The average Bonchev–Trinajstić information content (AvgIpc) is 2.40. The van der Waals surface area contributed by atoms with Gasteiger partial charge in [-0.05, 0) is 12.1 Å². The number of ether oxygens (including phenoxy) is 1. The van der Waals surface area contributed by atoms with Crippen molar-refractivity contribution in [2.45, 2.75) is 6.61 Å². The Morgan fingerprint density at radius 2 is 2.17 bits per heavy atom. The first-order valence-corrected chi connectivity index (χ1v) is 5.69. The smallest absolute Gasteiger partial charge is 0.145 e. The number of halogens is 1. The molecule has 0 amide bonds. The molecule has 0 atom stereocenters. The van der Waals surface area contributed by atoms with E-state index < -0.39 is 0 Å². The van der Waals surface area contributed by atoms with E-state index in [1.165, 1.54) is 13.3 Å². The Morgan fingerprint density at radius 1 is 1.50 bits per heavy atom. The van der Waals surface area contributed by atoms with Gasteiger partial charge in [-0.15, -0.1) is 0 Å². The third kappa shape index (κ3) is 3.24. The molecule has 5 nitrogen and oxygen atoms in total. The van der Waals surface area contributed by atoms with Gasteiger partial charge in [-0.3, -0.25) is 0 Å². The van der Waals surface area contributed by atoms with Crippen molar-refractivity contribution in [1.29, 1.82) is 10.5 Å². The molecule has 92 valence electrons. The van der Waals surface area contributed by atoms with E-state index in [1.54, 1.807) is 24.3 Å². The van der Waals surface area contributed by atoms with Crippen LogP contribution in [0.5, 0.6) is 5.75 Å². The van der Waals surface area contributed by atoms with Crippen LogP contribution in [0.4, 0.5) is 5.69 Å². The van der Waals surface area contributed by atoms with Gasteiger partial charge in [-0.1, -0.05) is 15.9 Å². The van der Waals surface area contributed by atoms with Gasteiger partial charge in [0.15, 0.2) is 0 Å². The fourth-order valence-corrected chi connectivity index (χ4v) is 1.80.